The molecule has 2 rings (SSSR count). The summed E-state index contributed by atoms with van der Waals surface area (Å²) in [5.74, 6) is 0. The van der Waals surface area contributed by atoms with Crippen LogP contribution in [0.4, 0.5) is 0 Å². The van der Waals surface area contributed by atoms with Gasteiger partial charge >= 0.3 is 0 Å². The Kier molecular flexibility index (Phi) is 2.93. The number of aliphatic hydroxyl groups excluding tert-OH is 2. The van der Waals surface area contributed by atoms with E-state index in [1.165, 1.54) is 6.08 Å². The van der Waals surface area contributed by atoms with E-state index in [2.05, 4.69) is 6.58 Å². The Bertz CT molecular complexity index is 274. The predicted molar refractivity (Wildman–Crippen MR) is 54.3 cm³/mol. The van der Waals surface area contributed by atoms with Crippen LogP contribution in [-0.4, -0.2) is 46.8 Å². The lowest BCUT2D eigenvalue weighted by molar-refractivity contribution is 0.152. The standard InChI is InChI=1S/C11H16O4/c1-3-7(13)11-9(15-11)5-4-8-10(14-8)6(2)12/h3-13H,1H2,2H3/b5-4+/t6-,7+,8-,9+,10-,11-/m0/s1. The van der Waals surface area contributed by atoms with Crippen LogP contribution in [0.1, 0.15) is 6.92 Å². The van der Waals surface area contributed by atoms with E-state index in [0.29, 0.717) is 0 Å². The van der Waals surface area contributed by atoms with Gasteiger partial charge in [0.2, 0.25) is 0 Å². The van der Waals surface area contributed by atoms with Crippen molar-refractivity contribution in [2.45, 2.75) is 43.5 Å². The molecule has 0 saturated carbocycles. The maximum absolute atomic E-state index is 9.34. The van der Waals surface area contributed by atoms with Crippen molar-refractivity contribution in [3.05, 3.63) is 24.8 Å². The molecule has 0 aromatic heterocycles. The Hall–Kier alpha value is -0.680. The fraction of sp³-hybridized carbons (Fsp3) is 0.636. The summed E-state index contributed by atoms with van der Waals surface area (Å²) in [5, 5.41) is 18.5. The lowest BCUT2D eigenvalue weighted by atomic mass is 10.1. The van der Waals surface area contributed by atoms with Gasteiger partial charge in [0.05, 0.1) is 6.10 Å². The highest BCUT2D eigenvalue weighted by Gasteiger charge is 2.44. The number of hydrogen-bond acceptors (Lipinski definition) is 4. The molecular formula is C11H16O4. The van der Waals surface area contributed by atoms with Gasteiger partial charge in [-0.3, -0.25) is 0 Å². The Morgan fingerprint density at radius 2 is 1.67 bits per heavy atom. The van der Waals surface area contributed by atoms with Crippen LogP contribution >= 0.6 is 0 Å². The van der Waals surface area contributed by atoms with E-state index < -0.39 is 12.2 Å². The van der Waals surface area contributed by atoms with Crippen LogP contribution in [-0.2, 0) is 9.47 Å². The SMILES string of the molecule is C=C[C@@H](O)[C@@H]1O[C@@H]1/C=C/[C@@H]1O[C@H]1[C@H](C)O. The van der Waals surface area contributed by atoms with Crippen LogP contribution < -0.4 is 0 Å². The van der Waals surface area contributed by atoms with Crippen LogP contribution in [0.25, 0.3) is 0 Å². The maximum atomic E-state index is 9.34. The van der Waals surface area contributed by atoms with E-state index in [0.717, 1.165) is 0 Å². The number of aliphatic hydroxyl groups is 2. The molecule has 2 aliphatic rings. The Labute approximate surface area is 88.8 Å². The first-order valence-electron chi connectivity index (χ1n) is 5.11. The molecule has 84 valence electrons. The maximum Gasteiger partial charge on any atom is 0.118 e. The molecular weight excluding hydrogens is 196 g/mol. The zero-order chi connectivity index (χ0) is 11.0. The fourth-order valence-corrected chi connectivity index (χ4v) is 1.60. The third kappa shape index (κ3) is 2.46. The van der Waals surface area contributed by atoms with Gasteiger partial charge in [0.15, 0.2) is 0 Å². The molecule has 4 heteroatoms. The van der Waals surface area contributed by atoms with Gasteiger partial charge in [0, 0.05) is 0 Å². The van der Waals surface area contributed by atoms with Crippen molar-refractivity contribution in [1.29, 1.82) is 0 Å². The van der Waals surface area contributed by atoms with Gasteiger partial charge in [-0.15, -0.1) is 6.58 Å². The molecule has 6 atom stereocenters. The third-order valence-electron chi connectivity index (χ3n) is 2.67. The van der Waals surface area contributed by atoms with Crippen molar-refractivity contribution in [3.63, 3.8) is 0 Å². The first-order chi connectivity index (χ1) is 7.13. The first kappa shape index (κ1) is 10.8. The van der Waals surface area contributed by atoms with Gasteiger partial charge < -0.3 is 19.7 Å². The summed E-state index contributed by atoms with van der Waals surface area (Å²) in [5.41, 5.74) is 0. The predicted octanol–water partition coefficient (Wildman–Crippen LogP) is 0.00510. The minimum absolute atomic E-state index is 0.00396. The van der Waals surface area contributed by atoms with Crippen LogP contribution in [0, 0.1) is 0 Å². The molecule has 2 N–H and O–H groups in total. The highest BCUT2D eigenvalue weighted by Crippen LogP contribution is 2.31. The van der Waals surface area contributed by atoms with Crippen LogP contribution in [0.2, 0.25) is 0 Å². The number of ether oxygens (including phenoxy) is 2. The third-order valence-corrected chi connectivity index (χ3v) is 2.67. The van der Waals surface area contributed by atoms with E-state index in [4.69, 9.17) is 9.47 Å². The molecule has 2 aliphatic heterocycles. The molecule has 2 saturated heterocycles. The van der Waals surface area contributed by atoms with Gasteiger partial charge in [-0.1, -0.05) is 18.2 Å². The number of hydrogen-bond donors (Lipinski definition) is 2. The Morgan fingerprint density at radius 3 is 2.13 bits per heavy atom. The van der Waals surface area contributed by atoms with Crippen molar-refractivity contribution in [2.24, 2.45) is 0 Å². The lowest BCUT2D eigenvalue weighted by Gasteiger charge is -1.96. The van der Waals surface area contributed by atoms with Crippen molar-refractivity contribution in [1.82, 2.24) is 0 Å². The summed E-state index contributed by atoms with van der Waals surface area (Å²) < 4.78 is 10.4. The molecule has 0 aromatic carbocycles. The quantitative estimate of drug-likeness (QED) is 0.497. The van der Waals surface area contributed by atoms with Gasteiger partial charge in [0.25, 0.3) is 0 Å². The lowest BCUT2D eigenvalue weighted by Crippen LogP contribution is -2.12. The van der Waals surface area contributed by atoms with Crippen LogP contribution in [0.5, 0.6) is 0 Å². The van der Waals surface area contributed by atoms with Crippen molar-refractivity contribution in [2.75, 3.05) is 0 Å². The Morgan fingerprint density at radius 1 is 1.13 bits per heavy atom. The molecule has 0 radical (unpaired) electrons. The van der Waals surface area contributed by atoms with Crippen molar-refractivity contribution < 1.29 is 19.7 Å². The molecule has 0 unspecified atom stereocenters. The van der Waals surface area contributed by atoms with Crippen molar-refractivity contribution in [3.8, 4) is 0 Å². The molecule has 2 heterocycles. The summed E-state index contributed by atoms with van der Waals surface area (Å²) >= 11 is 0. The normalized spacial score (nSPS) is 42.6. The molecule has 0 spiro atoms. The molecule has 0 aliphatic carbocycles. The second kappa shape index (κ2) is 4.06. The highest BCUT2D eigenvalue weighted by molar-refractivity contribution is 5.13. The summed E-state index contributed by atoms with van der Waals surface area (Å²) in [6.07, 6.45) is 3.87. The summed E-state index contributed by atoms with van der Waals surface area (Å²) in [6, 6.07) is 0. The molecule has 0 aromatic rings. The monoisotopic (exact) mass is 212 g/mol. The zero-order valence-electron chi connectivity index (χ0n) is 8.61. The molecule has 0 amide bonds. The van der Waals surface area contributed by atoms with E-state index in [-0.39, 0.29) is 24.4 Å². The summed E-state index contributed by atoms with van der Waals surface area (Å²) in [6.45, 7) is 5.19. The molecule has 4 nitrogen and oxygen atoms in total. The van der Waals surface area contributed by atoms with E-state index >= 15 is 0 Å². The summed E-state index contributed by atoms with van der Waals surface area (Å²) in [4.78, 5) is 0. The van der Waals surface area contributed by atoms with Gasteiger partial charge in [-0.2, -0.15) is 0 Å². The minimum atomic E-state index is -0.604. The average Bonchev–Trinajstić information content (AvgIpc) is 3.06. The highest BCUT2D eigenvalue weighted by atomic mass is 16.6. The largest absolute Gasteiger partial charge is 0.391 e. The fourth-order valence-electron chi connectivity index (χ4n) is 1.60. The van der Waals surface area contributed by atoms with E-state index in [1.807, 2.05) is 12.2 Å². The molecule has 15 heavy (non-hydrogen) atoms. The van der Waals surface area contributed by atoms with Gasteiger partial charge in [-0.05, 0) is 6.92 Å². The van der Waals surface area contributed by atoms with Crippen molar-refractivity contribution >= 4 is 0 Å². The molecule has 2 fully saturated rings. The second-order valence-corrected chi connectivity index (χ2v) is 3.98. The summed E-state index contributed by atoms with van der Waals surface area (Å²) in [7, 11) is 0. The second-order valence-electron chi connectivity index (χ2n) is 3.98. The number of epoxide rings is 2. The van der Waals surface area contributed by atoms with E-state index in [1.54, 1.807) is 6.92 Å². The number of rotatable bonds is 5. The minimum Gasteiger partial charge on any atom is -0.391 e. The van der Waals surface area contributed by atoms with Gasteiger partial charge in [0.1, 0.15) is 30.5 Å². The van der Waals surface area contributed by atoms with Crippen LogP contribution in [0.15, 0.2) is 24.8 Å². The zero-order valence-corrected chi connectivity index (χ0v) is 8.61. The topological polar surface area (TPSA) is 65.5 Å². The van der Waals surface area contributed by atoms with Crippen LogP contribution in [0.3, 0.4) is 0 Å². The smallest absolute Gasteiger partial charge is 0.118 e. The van der Waals surface area contributed by atoms with Gasteiger partial charge in [-0.25, -0.2) is 0 Å². The average molecular weight is 212 g/mol. The first-order valence-corrected chi connectivity index (χ1v) is 5.11. The van der Waals surface area contributed by atoms with E-state index in [9.17, 15) is 10.2 Å². The molecule has 0 bridgehead atoms. The Balaban J connectivity index is 1.72.